The van der Waals surface area contributed by atoms with E-state index in [1.165, 1.54) is 16.9 Å². The van der Waals surface area contributed by atoms with Crippen molar-refractivity contribution in [3.8, 4) is 0 Å². The number of benzene rings is 1. The summed E-state index contributed by atoms with van der Waals surface area (Å²) in [6.07, 6.45) is 0.841. The maximum absolute atomic E-state index is 10.9. The van der Waals surface area contributed by atoms with Gasteiger partial charge in [-0.2, -0.15) is 0 Å². The number of carbonyl (C=O) groups excluding carboxylic acids is 1. The Balaban J connectivity index is 3.00. The summed E-state index contributed by atoms with van der Waals surface area (Å²) in [5.74, 6) is 0. The van der Waals surface area contributed by atoms with Gasteiger partial charge in [0.2, 0.25) is 0 Å². The van der Waals surface area contributed by atoms with Gasteiger partial charge in [-0.3, -0.25) is 4.79 Å². The summed E-state index contributed by atoms with van der Waals surface area (Å²) in [4.78, 5) is 10.9. The largest absolute Gasteiger partial charge is 0.298 e. The molecular weight excluding hydrogens is 216 g/mol. The predicted molar refractivity (Wildman–Crippen MR) is 61.7 cm³/mol. The minimum absolute atomic E-state index is 0.590. The van der Waals surface area contributed by atoms with Gasteiger partial charge in [0.1, 0.15) is 4.34 Å². The number of aldehydes is 1. The quantitative estimate of drug-likeness (QED) is 0.670. The first kappa shape index (κ1) is 9.69. The molecule has 0 saturated carbocycles. The molecule has 2 aromatic rings. The lowest BCUT2D eigenvalue weighted by molar-refractivity contribution is 0.112. The third-order valence-electron chi connectivity index (χ3n) is 2.35. The van der Waals surface area contributed by atoms with Crippen LogP contribution < -0.4 is 0 Å². The SMILES string of the molecule is Cc1ccc(C)c2c(C=O)c(Cl)sc12. The van der Waals surface area contributed by atoms with Gasteiger partial charge >= 0.3 is 0 Å². The van der Waals surface area contributed by atoms with Crippen LogP contribution >= 0.6 is 22.9 Å². The van der Waals surface area contributed by atoms with E-state index in [2.05, 4.69) is 6.07 Å². The molecule has 0 aliphatic carbocycles. The first-order valence-corrected chi connectivity index (χ1v) is 5.48. The van der Waals surface area contributed by atoms with Gasteiger partial charge in [0.25, 0.3) is 0 Å². The van der Waals surface area contributed by atoms with E-state index in [0.29, 0.717) is 9.90 Å². The highest BCUT2D eigenvalue weighted by molar-refractivity contribution is 7.23. The summed E-state index contributed by atoms with van der Waals surface area (Å²) in [6, 6.07) is 4.08. The molecule has 1 aromatic carbocycles. The Hall–Kier alpha value is -0.860. The highest BCUT2D eigenvalue weighted by Gasteiger charge is 2.12. The van der Waals surface area contributed by atoms with Crippen molar-refractivity contribution in [1.82, 2.24) is 0 Å². The summed E-state index contributed by atoms with van der Waals surface area (Å²) in [6.45, 7) is 4.03. The smallest absolute Gasteiger partial charge is 0.153 e. The number of fused-ring (bicyclic) bond motifs is 1. The number of rotatable bonds is 1. The van der Waals surface area contributed by atoms with Gasteiger partial charge in [-0.1, -0.05) is 23.7 Å². The van der Waals surface area contributed by atoms with Gasteiger partial charge in [0, 0.05) is 10.1 Å². The average Bonchev–Trinajstić information content (AvgIpc) is 2.50. The first-order valence-electron chi connectivity index (χ1n) is 4.28. The molecule has 14 heavy (non-hydrogen) atoms. The Morgan fingerprint density at radius 2 is 1.93 bits per heavy atom. The maximum atomic E-state index is 10.9. The molecule has 0 saturated heterocycles. The summed E-state index contributed by atoms with van der Waals surface area (Å²) in [7, 11) is 0. The zero-order chi connectivity index (χ0) is 10.3. The zero-order valence-corrected chi connectivity index (χ0v) is 9.50. The van der Waals surface area contributed by atoms with Crippen LogP contribution in [0.5, 0.6) is 0 Å². The van der Waals surface area contributed by atoms with Gasteiger partial charge < -0.3 is 0 Å². The van der Waals surface area contributed by atoms with Gasteiger partial charge in [-0.25, -0.2) is 0 Å². The molecule has 3 heteroatoms. The molecule has 1 heterocycles. The van der Waals surface area contributed by atoms with E-state index in [1.807, 2.05) is 19.9 Å². The fourth-order valence-corrected chi connectivity index (χ4v) is 3.01. The zero-order valence-electron chi connectivity index (χ0n) is 7.93. The van der Waals surface area contributed by atoms with Crippen molar-refractivity contribution in [1.29, 1.82) is 0 Å². The van der Waals surface area contributed by atoms with Crippen LogP contribution in [0.3, 0.4) is 0 Å². The molecule has 0 atom stereocenters. The number of hydrogen-bond acceptors (Lipinski definition) is 2. The third kappa shape index (κ3) is 1.26. The van der Waals surface area contributed by atoms with Gasteiger partial charge in [-0.05, 0) is 25.0 Å². The molecule has 0 amide bonds. The first-order chi connectivity index (χ1) is 6.65. The van der Waals surface area contributed by atoms with Gasteiger partial charge in [-0.15, -0.1) is 11.3 Å². The standard InChI is InChI=1S/C11H9ClOS/c1-6-3-4-7(2)10-9(6)8(5-13)11(12)14-10/h3-5H,1-2H3. The fourth-order valence-electron chi connectivity index (χ4n) is 1.60. The van der Waals surface area contributed by atoms with Crippen molar-refractivity contribution in [2.24, 2.45) is 0 Å². The lowest BCUT2D eigenvalue weighted by Gasteiger charge is -1.99. The van der Waals surface area contributed by atoms with E-state index in [9.17, 15) is 4.79 Å². The molecular formula is C11H9ClOS. The third-order valence-corrected chi connectivity index (χ3v) is 3.92. The highest BCUT2D eigenvalue weighted by Crippen LogP contribution is 2.37. The minimum Gasteiger partial charge on any atom is -0.298 e. The van der Waals surface area contributed by atoms with Crippen molar-refractivity contribution < 1.29 is 4.79 Å². The Morgan fingerprint density at radius 1 is 1.29 bits per heavy atom. The van der Waals surface area contributed by atoms with Crippen LogP contribution in [0.4, 0.5) is 0 Å². The molecule has 0 radical (unpaired) electrons. The van der Waals surface area contributed by atoms with Crippen molar-refractivity contribution in [2.45, 2.75) is 13.8 Å². The maximum Gasteiger partial charge on any atom is 0.153 e. The van der Waals surface area contributed by atoms with E-state index in [-0.39, 0.29) is 0 Å². The minimum atomic E-state index is 0.590. The second-order valence-electron chi connectivity index (χ2n) is 3.31. The summed E-state index contributed by atoms with van der Waals surface area (Å²) in [5.41, 5.74) is 2.91. The topological polar surface area (TPSA) is 17.1 Å². The summed E-state index contributed by atoms with van der Waals surface area (Å²) >= 11 is 7.48. The van der Waals surface area contributed by atoms with Gasteiger partial charge in [0.15, 0.2) is 6.29 Å². The Bertz CT molecular complexity index is 513. The molecule has 0 unspecified atom stereocenters. The van der Waals surface area contributed by atoms with Crippen LogP contribution in [-0.2, 0) is 0 Å². The second-order valence-corrected chi connectivity index (χ2v) is 4.93. The average molecular weight is 225 g/mol. The molecule has 72 valence electrons. The van der Waals surface area contributed by atoms with Crippen LogP contribution in [0, 0.1) is 13.8 Å². The number of carbonyl (C=O) groups is 1. The lowest BCUT2D eigenvalue weighted by Crippen LogP contribution is -1.82. The molecule has 0 bridgehead atoms. The Morgan fingerprint density at radius 3 is 2.57 bits per heavy atom. The highest BCUT2D eigenvalue weighted by atomic mass is 35.5. The lowest BCUT2D eigenvalue weighted by atomic mass is 10.1. The molecule has 0 N–H and O–H groups in total. The number of aryl methyl sites for hydroxylation is 2. The van der Waals surface area contributed by atoms with Crippen LogP contribution in [0.1, 0.15) is 21.5 Å². The van der Waals surface area contributed by atoms with Gasteiger partial charge in [0.05, 0.1) is 5.56 Å². The number of thiophene rings is 1. The van der Waals surface area contributed by atoms with Crippen molar-refractivity contribution >= 4 is 39.3 Å². The molecule has 2 rings (SSSR count). The van der Waals surface area contributed by atoms with Crippen LogP contribution in [0.15, 0.2) is 12.1 Å². The number of halogens is 1. The molecule has 0 spiro atoms. The normalized spacial score (nSPS) is 10.8. The van der Waals surface area contributed by atoms with E-state index in [1.54, 1.807) is 0 Å². The summed E-state index contributed by atoms with van der Waals surface area (Å²) in [5, 5.41) is 1.01. The molecule has 1 nitrogen and oxygen atoms in total. The summed E-state index contributed by atoms with van der Waals surface area (Å²) < 4.78 is 1.71. The van der Waals surface area contributed by atoms with E-state index < -0.39 is 0 Å². The van der Waals surface area contributed by atoms with Crippen molar-refractivity contribution in [2.75, 3.05) is 0 Å². The second kappa shape index (κ2) is 3.37. The fraction of sp³-hybridized carbons (Fsp3) is 0.182. The predicted octanol–water partition coefficient (Wildman–Crippen LogP) is 3.98. The Kier molecular flexibility index (Phi) is 2.33. The molecule has 1 aromatic heterocycles. The number of hydrogen-bond donors (Lipinski definition) is 0. The van der Waals surface area contributed by atoms with Crippen molar-refractivity contribution in [3.63, 3.8) is 0 Å². The van der Waals surface area contributed by atoms with Crippen LogP contribution in [-0.4, -0.2) is 6.29 Å². The van der Waals surface area contributed by atoms with Crippen molar-refractivity contribution in [3.05, 3.63) is 33.2 Å². The monoisotopic (exact) mass is 224 g/mol. The van der Waals surface area contributed by atoms with E-state index in [0.717, 1.165) is 21.9 Å². The molecule has 0 fully saturated rings. The van der Waals surface area contributed by atoms with Crippen LogP contribution in [0.2, 0.25) is 4.34 Å². The van der Waals surface area contributed by atoms with E-state index >= 15 is 0 Å². The van der Waals surface area contributed by atoms with E-state index in [4.69, 9.17) is 11.6 Å². The molecule has 0 aliphatic rings. The molecule has 0 aliphatic heterocycles. The Labute approximate surface area is 91.3 Å². The van der Waals surface area contributed by atoms with Crippen LogP contribution in [0.25, 0.3) is 10.1 Å².